The normalized spacial score (nSPS) is 14.7. The lowest BCUT2D eigenvalue weighted by Crippen LogP contribution is -2.35. The predicted octanol–water partition coefficient (Wildman–Crippen LogP) is 4.43. The third-order valence-corrected chi connectivity index (χ3v) is 5.09. The first kappa shape index (κ1) is 21.1. The van der Waals surface area contributed by atoms with Crippen LogP contribution < -0.4 is 5.32 Å². The summed E-state index contributed by atoms with van der Waals surface area (Å²) in [5.41, 5.74) is 0. The first-order valence-corrected chi connectivity index (χ1v) is 10.4. The Morgan fingerprint density at radius 2 is 2.04 bits per heavy atom. The number of aliphatic imine (C=N–C) groups is 1. The molecule has 4 nitrogen and oxygen atoms in total. The lowest BCUT2D eigenvalue weighted by Gasteiger charge is -2.19. The van der Waals surface area contributed by atoms with E-state index in [9.17, 15) is 4.79 Å². The quantitative estimate of drug-likeness (QED) is 0.528. The van der Waals surface area contributed by atoms with E-state index in [2.05, 4.69) is 34.5 Å². The number of unbranched alkanes of at least 4 members (excludes halogenated alkanes) is 4. The molecule has 1 aliphatic rings. The Kier molecular flexibility index (Phi) is 11.7. The van der Waals surface area contributed by atoms with Crippen molar-refractivity contribution in [1.82, 2.24) is 10.2 Å². The monoisotopic (exact) mass is 353 g/mol. The van der Waals surface area contributed by atoms with Crippen LogP contribution in [-0.4, -0.2) is 42.2 Å². The van der Waals surface area contributed by atoms with Crippen molar-refractivity contribution in [2.75, 3.05) is 26.2 Å². The first-order chi connectivity index (χ1) is 11.6. The van der Waals surface area contributed by atoms with Crippen LogP contribution in [0.2, 0.25) is 0 Å². The lowest BCUT2D eigenvalue weighted by atomic mass is 10.0. The zero-order valence-corrected chi connectivity index (χ0v) is 16.5. The summed E-state index contributed by atoms with van der Waals surface area (Å²) < 4.78 is 0. The van der Waals surface area contributed by atoms with Crippen LogP contribution >= 0.6 is 11.8 Å². The number of hydrogen-bond acceptors (Lipinski definition) is 4. The Morgan fingerprint density at radius 3 is 2.79 bits per heavy atom. The van der Waals surface area contributed by atoms with Gasteiger partial charge in [-0.05, 0) is 24.7 Å². The van der Waals surface area contributed by atoms with Crippen molar-refractivity contribution in [2.24, 2.45) is 10.9 Å². The van der Waals surface area contributed by atoms with Gasteiger partial charge in [0.05, 0.1) is 6.54 Å². The van der Waals surface area contributed by atoms with Gasteiger partial charge in [-0.1, -0.05) is 63.8 Å². The number of amidine groups is 1. The summed E-state index contributed by atoms with van der Waals surface area (Å²) in [4.78, 5) is 18.6. The topological polar surface area (TPSA) is 44.7 Å². The van der Waals surface area contributed by atoms with Gasteiger partial charge in [0, 0.05) is 26.1 Å². The maximum atomic E-state index is 11.9. The fraction of sp³-hybridized carbons (Fsp3) is 0.789. The molecule has 24 heavy (non-hydrogen) atoms. The molecule has 0 atom stereocenters. The summed E-state index contributed by atoms with van der Waals surface area (Å²) in [6.45, 7) is 9.96. The molecule has 0 unspecified atom stereocenters. The minimum atomic E-state index is 0.191. The molecule has 0 saturated heterocycles. The van der Waals surface area contributed by atoms with Gasteiger partial charge >= 0.3 is 0 Å². The molecule has 0 aromatic rings. The van der Waals surface area contributed by atoms with Gasteiger partial charge in [0.1, 0.15) is 0 Å². The van der Waals surface area contributed by atoms with Gasteiger partial charge in [-0.3, -0.25) is 9.79 Å². The van der Waals surface area contributed by atoms with E-state index in [-0.39, 0.29) is 5.91 Å². The van der Waals surface area contributed by atoms with Crippen LogP contribution in [0.5, 0.6) is 0 Å². The highest BCUT2D eigenvalue weighted by atomic mass is 32.2. The smallest absolute Gasteiger partial charge is 0.220 e. The van der Waals surface area contributed by atoms with Gasteiger partial charge in [-0.15, -0.1) is 0 Å². The van der Waals surface area contributed by atoms with E-state index in [4.69, 9.17) is 0 Å². The Labute approximate surface area is 152 Å². The molecular weight excluding hydrogens is 318 g/mol. The number of carbonyl (C=O) groups is 1. The lowest BCUT2D eigenvalue weighted by molar-refractivity contribution is -0.121. The second-order valence-electron chi connectivity index (χ2n) is 6.79. The van der Waals surface area contributed by atoms with Crippen molar-refractivity contribution < 1.29 is 4.79 Å². The number of hydrogen-bond donors (Lipinski definition) is 1. The number of nitrogens with one attached hydrogen (secondary N) is 1. The van der Waals surface area contributed by atoms with Crippen LogP contribution in [0, 0.1) is 5.92 Å². The molecule has 0 aromatic carbocycles. The van der Waals surface area contributed by atoms with Gasteiger partial charge in [0.25, 0.3) is 0 Å². The minimum Gasteiger partial charge on any atom is -0.354 e. The van der Waals surface area contributed by atoms with Crippen LogP contribution in [0.4, 0.5) is 0 Å². The predicted molar refractivity (Wildman–Crippen MR) is 106 cm³/mol. The summed E-state index contributed by atoms with van der Waals surface area (Å²) >= 11 is 1.66. The highest BCUT2D eigenvalue weighted by Crippen LogP contribution is 2.15. The van der Waals surface area contributed by atoms with Gasteiger partial charge in [-0.2, -0.15) is 0 Å². The Balaban J connectivity index is 1.99. The number of allylic oxidation sites excluding steroid dienone is 1. The summed E-state index contributed by atoms with van der Waals surface area (Å²) in [5.74, 6) is 1.00. The molecule has 0 radical (unpaired) electrons. The fourth-order valence-corrected chi connectivity index (χ4v) is 3.45. The van der Waals surface area contributed by atoms with E-state index in [1.807, 2.05) is 13.0 Å². The molecule has 0 spiro atoms. The molecule has 0 saturated carbocycles. The second kappa shape index (κ2) is 13.3. The van der Waals surface area contributed by atoms with E-state index in [1.165, 1.54) is 32.1 Å². The van der Waals surface area contributed by atoms with Crippen molar-refractivity contribution in [3.05, 3.63) is 11.5 Å². The average molecular weight is 354 g/mol. The molecule has 1 amide bonds. The van der Waals surface area contributed by atoms with Crippen LogP contribution in [-0.2, 0) is 4.79 Å². The maximum absolute atomic E-state index is 11.9. The fourth-order valence-electron chi connectivity index (χ4n) is 2.70. The van der Waals surface area contributed by atoms with E-state index in [0.717, 1.165) is 37.1 Å². The maximum Gasteiger partial charge on any atom is 0.220 e. The summed E-state index contributed by atoms with van der Waals surface area (Å²) in [6, 6.07) is 0. The molecular formula is C19H35N3OS. The van der Waals surface area contributed by atoms with Gasteiger partial charge in [0.15, 0.2) is 5.17 Å². The Morgan fingerprint density at radius 1 is 1.29 bits per heavy atom. The number of carbonyl (C=O) groups excluding carboxylic acids is 1. The minimum absolute atomic E-state index is 0.191. The zero-order valence-electron chi connectivity index (χ0n) is 15.7. The molecule has 1 N–H and O–H groups in total. The zero-order chi connectivity index (χ0) is 17.6. The standard InChI is InChI=1S/C19H35N3OS/c1-4-16-24-19-21-13-15-22(19)14-12-20-18(23)11-9-7-5-6-8-10-17(2)3/h4,16-17H,5-15H2,1-3H3,(H,20,23)/b16-4+. The van der Waals surface area contributed by atoms with Crippen molar-refractivity contribution in [1.29, 1.82) is 0 Å². The largest absolute Gasteiger partial charge is 0.354 e. The average Bonchev–Trinajstić information content (AvgIpc) is 2.99. The van der Waals surface area contributed by atoms with Crippen LogP contribution in [0.1, 0.15) is 65.7 Å². The highest BCUT2D eigenvalue weighted by Gasteiger charge is 2.15. The third-order valence-electron chi connectivity index (χ3n) is 4.09. The summed E-state index contributed by atoms with van der Waals surface area (Å²) in [5, 5.41) is 6.17. The Bertz CT molecular complexity index is 407. The SMILES string of the molecule is C/C=C/SC1=NCCN1CCNC(=O)CCCCCCCC(C)C. The van der Waals surface area contributed by atoms with E-state index in [0.29, 0.717) is 13.0 Å². The highest BCUT2D eigenvalue weighted by molar-refractivity contribution is 8.16. The Hall–Kier alpha value is -0.970. The second-order valence-corrected chi connectivity index (χ2v) is 7.66. The van der Waals surface area contributed by atoms with Gasteiger partial charge < -0.3 is 10.2 Å². The molecule has 1 rings (SSSR count). The first-order valence-electron chi connectivity index (χ1n) is 9.47. The van der Waals surface area contributed by atoms with Crippen LogP contribution in [0.15, 0.2) is 16.5 Å². The van der Waals surface area contributed by atoms with Crippen molar-refractivity contribution in [2.45, 2.75) is 65.7 Å². The van der Waals surface area contributed by atoms with E-state index in [1.54, 1.807) is 11.8 Å². The number of thioether (sulfide) groups is 1. The molecule has 1 heterocycles. The molecule has 0 fully saturated rings. The van der Waals surface area contributed by atoms with Gasteiger partial charge in [-0.25, -0.2) is 0 Å². The number of rotatable bonds is 12. The molecule has 0 bridgehead atoms. The summed E-state index contributed by atoms with van der Waals surface area (Å²) in [7, 11) is 0. The molecule has 1 aliphatic heterocycles. The molecule has 138 valence electrons. The van der Waals surface area contributed by atoms with Crippen LogP contribution in [0.3, 0.4) is 0 Å². The van der Waals surface area contributed by atoms with E-state index >= 15 is 0 Å². The van der Waals surface area contributed by atoms with Gasteiger partial charge in [0.2, 0.25) is 5.91 Å². The molecule has 5 heteroatoms. The van der Waals surface area contributed by atoms with Crippen molar-refractivity contribution in [3.8, 4) is 0 Å². The number of nitrogens with zero attached hydrogens (tertiary/aromatic N) is 2. The summed E-state index contributed by atoms with van der Waals surface area (Å²) in [6.07, 6.45) is 10.1. The molecule has 0 aromatic heterocycles. The molecule has 0 aliphatic carbocycles. The third kappa shape index (κ3) is 10.0. The van der Waals surface area contributed by atoms with Crippen LogP contribution in [0.25, 0.3) is 0 Å². The van der Waals surface area contributed by atoms with E-state index < -0.39 is 0 Å². The van der Waals surface area contributed by atoms with Crippen molar-refractivity contribution >= 4 is 22.8 Å². The van der Waals surface area contributed by atoms with Crippen molar-refractivity contribution in [3.63, 3.8) is 0 Å². The number of amides is 1.